The number of nitrogen functional groups attached to an aromatic ring is 1. The fraction of sp³-hybridized carbons (Fsp3) is 0.0769. The first-order valence-corrected chi connectivity index (χ1v) is 5.36. The van der Waals surface area contributed by atoms with Crippen LogP contribution in [0.15, 0.2) is 36.5 Å². The highest BCUT2D eigenvalue weighted by atomic mass is 19.1. The maximum Gasteiger partial charge on any atom is 0.259 e. The zero-order chi connectivity index (χ0) is 13.1. The van der Waals surface area contributed by atoms with Gasteiger partial charge in [0.05, 0.1) is 17.4 Å². The largest absolute Gasteiger partial charge is 0.397 e. The van der Waals surface area contributed by atoms with Gasteiger partial charge in [-0.3, -0.25) is 4.79 Å². The molecule has 0 atom stereocenters. The van der Waals surface area contributed by atoms with Crippen molar-refractivity contribution >= 4 is 17.4 Å². The van der Waals surface area contributed by atoms with Gasteiger partial charge in [-0.05, 0) is 30.7 Å². The molecular weight excluding hydrogens is 233 g/mol. The molecule has 1 heterocycles. The van der Waals surface area contributed by atoms with E-state index in [1.54, 1.807) is 19.1 Å². The van der Waals surface area contributed by atoms with Gasteiger partial charge in [-0.15, -0.1) is 0 Å². The Kier molecular flexibility index (Phi) is 3.23. The van der Waals surface area contributed by atoms with Gasteiger partial charge >= 0.3 is 0 Å². The van der Waals surface area contributed by atoms with Crippen LogP contribution in [0.2, 0.25) is 0 Å². The molecule has 18 heavy (non-hydrogen) atoms. The summed E-state index contributed by atoms with van der Waals surface area (Å²) in [6.07, 6.45) is 1.45. The predicted molar refractivity (Wildman–Crippen MR) is 67.7 cm³/mol. The van der Waals surface area contributed by atoms with Crippen molar-refractivity contribution in [1.29, 1.82) is 0 Å². The molecule has 0 unspecified atom stereocenters. The number of halogens is 1. The number of anilines is 2. The molecule has 0 aliphatic carbocycles. The van der Waals surface area contributed by atoms with E-state index < -0.39 is 11.7 Å². The van der Waals surface area contributed by atoms with Crippen LogP contribution in [0.3, 0.4) is 0 Å². The van der Waals surface area contributed by atoms with E-state index in [0.29, 0.717) is 11.5 Å². The van der Waals surface area contributed by atoms with Crippen LogP contribution in [0.1, 0.15) is 15.9 Å². The topological polar surface area (TPSA) is 68.0 Å². The Bertz CT molecular complexity index is 599. The molecule has 0 aliphatic heterocycles. The molecule has 0 saturated heterocycles. The number of nitrogens with zero attached hydrogens (tertiary/aromatic N) is 1. The maximum atomic E-state index is 13.4. The van der Waals surface area contributed by atoms with Gasteiger partial charge in [0.2, 0.25) is 0 Å². The molecule has 1 aromatic heterocycles. The molecule has 92 valence electrons. The average molecular weight is 245 g/mol. The van der Waals surface area contributed by atoms with Gasteiger partial charge in [-0.25, -0.2) is 9.37 Å². The third kappa shape index (κ3) is 2.45. The molecule has 1 amide bonds. The fourth-order valence-electron chi connectivity index (χ4n) is 1.46. The summed E-state index contributed by atoms with van der Waals surface area (Å²) in [5.41, 5.74) is 6.94. The minimum absolute atomic E-state index is 0.0196. The van der Waals surface area contributed by atoms with E-state index in [4.69, 9.17) is 5.73 Å². The van der Waals surface area contributed by atoms with Crippen LogP contribution < -0.4 is 11.1 Å². The summed E-state index contributed by atoms with van der Waals surface area (Å²) in [6, 6.07) is 7.40. The van der Waals surface area contributed by atoms with Crippen LogP contribution in [0.25, 0.3) is 0 Å². The molecule has 0 saturated carbocycles. The van der Waals surface area contributed by atoms with Gasteiger partial charge in [0.1, 0.15) is 11.6 Å². The van der Waals surface area contributed by atoms with Crippen molar-refractivity contribution in [2.45, 2.75) is 6.92 Å². The lowest BCUT2D eigenvalue weighted by molar-refractivity contribution is 0.102. The second-order valence-electron chi connectivity index (χ2n) is 3.86. The van der Waals surface area contributed by atoms with Crippen LogP contribution in [0, 0.1) is 12.7 Å². The summed E-state index contributed by atoms with van der Waals surface area (Å²) < 4.78 is 13.4. The molecule has 0 fully saturated rings. The number of carbonyl (C=O) groups is 1. The SMILES string of the molecule is Cc1cc(NC(=O)c2ccccc2F)ncc1N. The molecule has 5 heteroatoms. The van der Waals surface area contributed by atoms with Crippen LogP contribution in [-0.2, 0) is 0 Å². The molecule has 4 nitrogen and oxygen atoms in total. The molecule has 0 aliphatic rings. The number of amides is 1. The van der Waals surface area contributed by atoms with Gasteiger partial charge < -0.3 is 11.1 Å². The molecule has 2 aromatic rings. The summed E-state index contributed by atoms with van der Waals surface area (Å²) in [7, 11) is 0. The van der Waals surface area contributed by atoms with E-state index >= 15 is 0 Å². The smallest absolute Gasteiger partial charge is 0.259 e. The molecular formula is C13H12FN3O. The Balaban J connectivity index is 2.22. The van der Waals surface area contributed by atoms with E-state index in [2.05, 4.69) is 10.3 Å². The van der Waals surface area contributed by atoms with Crippen molar-refractivity contribution in [2.75, 3.05) is 11.1 Å². The molecule has 2 rings (SSSR count). The zero-order valence-electron chi connectivity index (χ0n) is 9.77. The Hall–Kier alpha value is -2.43. The number of nitrogens with one attached hydrogen (secondary N) is 1. The van der Waals surface area contributed by atoms with Crippen LogP contribution >= 0.6 is 0 Å². The molecule has 0 radical (unpaired) electrons. The second kappa shape index (κ2) is 4.83. The third-order valence-electron chi connectivity index (χ3n) is 2.51. The van der Waals surface area contributed by atoms with Gasteiger partial charge in [0, 0.05) is 0 Å². The number of aryl methyl sites for hydroxylation is 1. The zero-order valence-corrected chi connectivity index (χ0v) is 9.77. The third-order valence-corrected chi connectivity index (χ3v) is 2.51. The van der Waals surface area contributed by atoms with E-state index in [1.165, 1.54) is 24.4 Å². The van der Waals surface area contributed by atoms with Gasteiger partial charge in [-0.1, -0.05) is 12.1 Å². The Labute approximate surface area is 104 Å². The van der Waals surface area contributed by atoms with E-state index in [-0.39, 0.29) is 5.56 Å². The number of rotatable bonds is 2. The van der Waals surface area contributed by atoms with Crippen molar-refractivity contribution in [2.24, 2.45) is 0 Å². The normalized spacial score (nSPS) is 10.1. The van der Waals surface area contributed by atoms with Crippen LogP contribution in [-0.4, -0.2) is 10.9 Å². The van der Waals surface area contributed by atoms with E-state index in [0.717, 1.165) is 5.56 Å². The molecule has 1 aromatic carbocycles. The highest BCUT2D eigenvalue weighted by molar-refractivity contribution is 6.04. The summed E-state index contributed by atoms with van der Waals surface area (Å²) >= 11 is 0. The fourth-order valence-corrected chi connectivity index (χ4v) is 1.46. The maximum absolute atomic E-state index is 13.4. The number of pyridine rings is 1. The van der Waals surface area contributed by atoms with Crippen LogP contribution in [0.4, 0.5) is 15.9 Å². The van der Waals surface area contributed by atoms with Crippen molar-refractivity contribution in [3.05, 3.63) is 53.5 Å². The Morgan fingerprint density at radius 2 is 2.11 bits per heavy atom. The first-order chi connectivity index (χ1) is 8.58. The number of hydrogen-bond acceptors (Lipinski definition) is 3. The van der Waals surface area contributed by atoms with Gasteiger partial charge in [-0.2, -0.15) is 0 Å². The molecule has 3 N–H and O–H groups in total. The minimum atomic E-state index is -0.567. The predicted octanol–water partition coefficient (Wildman–Crippen LogP) is 2.36. The van der Waals surface area contributed by atoms with Crippen molar-refractivity contribution in [1.82, 2.24) is 4.98 Å². The van der Waals surface area contributed by atoms with E-state index in [1.807, 2.05) is 0 Å². The van der Waals surface area contributed by atoms with Gasteiger partial charge in [0.25, 0.3) is 5.91 Å². The highest BCUT2D eigenvalue weighted by Crippen LogP contribution is 2.15. The number of aromatic nitrogens is 1. The lowest BCUT2D eigenvalue weighted by atomic mass is 10.2. The first kappa shape index (κ1) is 12.0. The summed E-state index contributed by atoms with van der Waals surface area (Å²) in [5, 5.41) is 2.52. The first-order valence-electron chi connectivity index (χ1n) is 5.36. The number of nitrogens with two attached hydrogens (primary N) is 1. The highest BCUT2D eigenvalue weighted by Gasteiger charge is 2.11. The van der Waals surface area contributed by atoms with Crippen molar-refractivity contribution in [3.63, 3.8) is 0 Å². The van der Waals surface area contributed by atoms with Crippen molar-refractivity contribution in [3.8, 4) is 0 Å². The molecule has 0 bridgehead atoms. The molecule has 0 spiro atoms. The summed E-state index contributed by atoms with van der Waals surface area (Å²) in [4.78, 5) is 15.8. The monoisotopic (exact) mass is 245 g/mol. The second-order valence-corrected chi connectivity index (χ2v) is 3.86. The minimum Gasteiger partial charge on any atom is -0.397 e. The lowest BCUT2D eigenvalue weighted by Crippen LogP contribution is -2.14. The van der Waals surface area contributed by atoms with Crippen molar-refractivity contribution < 1.29 is 9.18 Å². The van der Waals surface area contributed by atoms with E-state index in [9.17, 15) is 9.18 Å². The standard InChI is InChI=1S/C13H12FN3O/c1-8-6-12(16-7-11(8)15)17-13(18)9-4-2-3-5-10(9)14/h2-7H,15H2,1H3,(H,16,17,18). The number of carbonyl (C=O) groups excluding carboxylic acids is 1. The summed E-state index contributed by atoms with van der Waals surface area (Å²) in [5.74, 6) is -0.762. The quantitative estimate of drug-likeness (QED) is 0.853. The van der Waals surface area contributed by atoms with Crippen LogP contribution in [0.5, 0.6) is 0 Å². The summed E-state index contributed by atoms with van der Waals surface area (Å²) in [6.45, 7) is 1.80. The number of hydrogen-bond donors (Lipinski definition) is 2. The number of benzene rings is 1. The van der Waals surface area contributed by atoms with Gasteiger partial charge in [0.15, 0.2) is 0 Å². The average Bonchev–Trinajstić information content (AvgIpc) is 2.34. The Morgan fingerprint density at radius 3 is 2.78 bits per heavy atom. The lowest BCUT2D eigenvalue weighted by Gasteiger charge is -2.07. The Morgan fingerprint density at radius 1 is 1.39 bits per heavy atom.